The Balaban J connectivity index is 2.62. The molecule has 39 heavy (non-hydrogen) atoms. The number of rotatable bonds is 10. The molecule has 3 atom stereocenters. The van der Waals surface area contributed by atoms with Crippen LogP contribution in [0.15, 0.2) is 36.4 Å². The quantitative estimate of drug-likeness (QED) is 0.377. The van der Waals surface area contributed by atoms with Gasteiger partial charge < -0.3 is 25.4 Å². The molecule has 3 unspecified atom stereocenters. The molecule has 2 rings (SSSR count). The van der Waals surface area contributed by atoms with E-state index in [9.17, 15) is 19.5 Å². The van der Waals surface area contributed by atoms with Crippen molar-refractivity contribution >= 4 is 23.6 Å². The molecule has 8 nitrogen and oxygen atoms in total. The van der Waals surface area contributed by atoms with E-state index in [4.69, 9.17) is 4.74 Å². The lowest BCUT2D eigenvalue weighted by Gasteiger charge is -2.36. The summed E-state index contributed by atoms with van der Waals surface area (Å²) < 4.78 is 5.44. The number of aryl methyl sites for hydroxylation is 3. The van der Waals surface area contributed by atoms with Crippen molar-refractivity contribution in [2.75, 3.05) is 18.5 Å². The second kappa shape index (κ2) is 13.6. The third kappa shape index (κ3) is 8.30. The lowest BCUT2D eigenvalue weighted by Crippen LogP contribution is -2.55. The van der Waals surface area contributed by atoms with Gasteiger partial charge in [-0.3, -0.25) is 9.59 Å². The Labute approximate surface area is 233 Å². The standard InChI is InChI=1S/C31H45N3O5/c1-10-19(2)26(33-30(38)39-31(7,8)9)29(37)34(17-18-35)27(24-16-12-13-20(3)23(24)6)28(36)32-25-21(4)14-11-15-22(25)5/h11-16,19,26-27,35H,10,17-18H2,1-9H3,(H,32,36)(H,33,38). The van der Waals surface area contributed by atoms with Crippen molar-refractivity contribution in [3.8, 4) is 0 Å². The highest BCUT2D eigenvalue weighted by atomic mass is 16.6. The van der Waals surface area contributed by atoms with E-state index in [1.54, 1.807) is 20.8 Å². The average Bonchev–Trinajstić information content (AvgIpc) is 2.85. The number of carbonyl (C=O) groups is 3. The summed E-state index contributed by atoms with van der Waals surface area (Å²) in [6.45, 7) is 16.3. The van der Waals surface area contributed by atoms with E-state index in [0.717, 1.165) is 22.3 Å². The third-order valence-corrected chi connectivity index (χ3v) is 7.01. The summed E-state index contributed by atoms with van der Waals surface area (Å²) in [6, 6.07) is 9.36. The molecule has 0 spiro atoms. The number of nitrogens with zero attached hydrogens (tertiary/aromatic N) is 1. The Hall–Kier alpha value is -3.39. The maximum Gasteiger partial charge on any atom is 0.408 e. The highest BCUT2D eigenvalue weighted by Gasteiger charge is 2.38. The zero-order chi connectivity index (χ0) is 29.5. The van der Waals surface area contributed by atoms with Gasteiger partial charge in [-0.15, -0.1) is 0 Å². The molecule has 3 N–H and O–H groups in total. The number of aliphatic hydroxyl groups is 1. The second-order valence-electron chi connectivity index (χ2n) is 11.2. The van der Waals surface area contributed by atoms with Crippen LogP contribution in [0.3, 0.4) is 0 Å². The van der Waals surface area contributed by atoms with E-state index in [1.807, 2.05) is 77.9 Å². The molecule has 214 valence electrons. The zero-order valence-electron chi connectivity index (χ0n) is 24.8. The number of amides is 3. The lowest BCUT2D eigenvalue weighted by atomic mass is 9.93. The molecule has 2 aromatic carbocycles. The number of ether oxygens (including phenoxy) is 1. The molecule has 2 aromatic rings. The molecule has 0 aliphatic heterocycles. The van der Waals surface area contributed by atoms with Gasteiger partial charge in [0, 0.05) is 12.2 Å². The maximum atomic E-state index is 14.2. The van der Waals surface area contributed by atoms with E-state index in [-0.39, 0.29) is 19.1 Å². The second-order valence-corrected chi connectivity index (χ2v) is 11.2. The Morgan fingerprint density at radius 1 is 0.974 bits per heavy atom. The van der Waals surface area contributed by atoms with E-state index >= 15 is 0 Å². The van der Waals surface area contributed by atoms with Crippen molar-refractivity contribution in [2.45, 2.75) is 86.4 Å². The summed E-state index contributed by atoms with van der Waals surface area (Å²) >= 11 is 0. The van der Waals surface area contributed by atoms with Gasteiger partial charge in [0.1, 0.15) is 17.7 Å². The van der Waals surface area contributed by atoms with E-state index < -0.39 is 35.6 Å². The van der Waals surface area contributed by atoms with Gasteiger partial charge in [-0.05, 0) is 82.2 Å². The number of para-hydroxylation sites is 1. The van der Waals surface area contributed by atoms with E-state index in [0.29, 0.717) is 17.7 Å². The van der Waals surface area contributed by atoms with Gasteiger partial charge in [0.15, 0.2) is 0 Å². The van der Waals surface area contributed by atoms with Crippen molar-refractivity contribution in [3.63, 3.8) is 0 Å². The van der Waals surface area contributed by atoms with Crippen LogP contribution in [0, 0.1) is 33.6 Å². The number of nitrogens with one attached hydrogen (secondary N) is 2. The first-order chi connectivity index (χ1) is 18.2. The van der Waals surface area contributed by atoms with Crippen LogP contribution in [0.4, 0.5) is 10.5 Å². The smallest absolute Gasteiger partial charge is 0.408 e. The molecule has 0 fully saturated rings. The molecule has 0 saturated heterocycles. The zero-order valence-corrected chi connectivity index (χ0v) is 24.8. The molecule has 0 bridgehead atoms. The van der Waals surface area contributed by atoms with Crippen molar-refractivity contribution < 1.29 is 24.2 Å². The molecule has 8 heteroatoms. The summed E-state index contributed by atoms with van der Waals surface area (Å²) in [7, 11) is 0. The Morgan fingerprint density at radius 2 is 1.54 bits per heavy atom. The molecule has 0 aliphatic rings. The van der Waals surface area contributed by atoms with Crippen molar-refractivity contribution in [1.82, 2.24) is 10.2 Å². The summed E-state index contributed by atoms with van der Waals surface area (Å²) in [5, 5.41) is 15.8. The number of benzene rings is 2. The topological polar surface area (TPSA) is 108 Å². The number of aliphatic hydroxyl groups excluding tert-OH is 1. The van der Waals surface area contributed by atoms with Gasteiger partial charge in [0.05, 0.1) is 6.61 Å². The predicted octanol–water partition coefficient (Wildman–Crippen LogP) is 5.36. The molecular formula is C31H45N3O5. The van der Waals surface area contributed by atoms with Crippen molar-refractivity contribution in [1.29, 1.82) is 0 Å². The fraction of sp³-hybridized carbons (Fsp3) is 0.516. The SMILES string of the molecule is CCC(C)C(NC(=O)OC(C)(C)C)C(=O)N(CCO)C(C(=O)Nc1c(C)cccc1C)c1cccc(C)c1C. The van der Waals surface area contributed by atoms with Gasteiger partial charge in [0.2, 0.25) is 5.91 Å². The number of alkyl carbamates (subject to hydrolysis) is 1. The molecule has 0 radical (unpaired) electrons. The molecule has 0 saturated carbocycles. The van der Waals surface area contributed by atoms with Crippen LogP contribution in [0.1, 0.15) is 74.9 Å². The molecule has 0 aliphatic carbocycles. The highest BCUT2D eigenvalue weighted by molar-refractivity contribution is 6.00. The third-order valence-electron chi connectivity index (χ3n) is 7.01. The summed E-state index contributed by atoms with van der Waals surface area (Å²) in [5.74, 6) is -1.12. The molecule has 0 heterocycles. The minimum atomic E-state index is -1.05. The minimum absolute atomic E-state index is 0.0972. The van der Waals surface area contributed by atoms with Crippen LogP contribution in [0.2, 0.25) is 0 Å². The first-order valence-corrected chi connectivity index (χ1v) is 13.6. The van der Waals surface area contributed by atoms with Crippen LogP contribution in [-0.4, -0.2) is 52.7 Å². The van der Waals surface area contributed by atoms with Gasteiger partial charge >= 0.3 is 6.09 Å². The van der Waals surface area contributed by atoms with Crippen molar-refractivity contribution in [2.24, 2.45) is 5.92 Å². The Bertz CT molecular complexity index is 1150. The van der Waals surface area contributed by atoms with Crippen LogP contribution in [0.5, 0.6) is 0 Å². The monoisotopic (exact) mass is 539 g/mol. The lowest BCUT2D eigenvalue weighted by molar-refractivity contribution is -0.142. The molecule has 3 amide bonds. The van der Waals surface area contributed by atoms with Crippen LogP contribution in [-0.2, 0) is 14.3 Å². The maximum absolute atomic E-state index is 14.2. The molecule has 0 aromatic heterocycles. The highest BCUT2D eigenvalue weighted by Crippen LogP contribution is 2.30. The summed E-state index contributed by atoms with van der Waals surface area (Å²) in [5.41, 5.74) is 4.22. The minimum Gasteiger partial charge on any atom is -0.444 e. The van der Waals surface area contributed by atoms with E-state index in [1.165, 1.54) is 4.90 Å². The number of hydrogen-bond acceptors (Lipinski definition) is 5. The fourth-order valence-corrected chi connectivity index (χ4v) is 4.49. The Morgan fingerprint density at radius 3 is 2.08 bits per heavy atom. The van der Waals surface area contributed by atoms with Crippen LogP contribution in [0.25, 0.3) is 0 Å². The predicted molar refractivity (Wildman–Crippen MR) is 155 cm³/mol. The van der Waals surface area contributed by atoms with Gasteiger partial charge in [-0.2, -0.15) is 0 Å². The normalized spacial score (nSPS) is 13.7. The van der Waals surface area contributed by atoms with Crippen LogP contribution < -0.4 is 10.6 Å². The van der Waals surface area contributed by atoms with Crippen molar-refractivity contribution in [3.05, 3.63) is 64.2 Å². The number of hydrogen-bond donors (Lipinski definition) is 3. The van der Waals surface area contributed by atoms with E-state index in [2.05, 4.69) is 10.6 Å². The summed E-state index contributed by atoms with van der Waals surface area (Å²) in [4.78, 5) is 42.4. The fourth-order valence-electron chi connectivity index (χ4n) is 4.49. The first kappa shape index (κ1) is 31.8. The van der Waals surface area contributed by atoms with Gasteiger partial charge in [-0.1, -0.05) is 56.7 Å². The van der Waals surface area contributed by atoms with Gasteiger partial charge in [-0.25, -0.2) is 4.79 Å². The number of anilines is 1. The molecular weight excluding hydrogens is 494 g/mol. The van der Waals surface area contributed by atoms with Crippen LogP contribution >= 0.6 is 0 Å². The summed E-state index contributed by atoms with van der Waals surface area (Å²) in [6.07, 6.45) is -0.115. The van der Waals surface area contributed by atoms with Gasteiger partial charge in [0.25, 0.3) is 5.91 Å². The average molecular weight is 540 g/mol. The number of carbonyl (C=O) groups excluding carboxylic acids is 3. The largest absolute Gasteiger partial charge is 0.444 e. The Kier molecular flexibility index (Phi) is 11.1. The first-order valence-electron chi connectivity index (χ1n) is 13.6.